The molecule has 2 aliphatic heterocycles. The van der Waals surface area contributed by atoms with Crippen LogP contribution in [0.4, 0.5) is 0 Å². The number of nitrogens with one attached hydrogen (secondary N) is 1. The van der Waals surface area contributed by atoms with E-state index in [9.17, 15) is 8.42 Å². The Morgan fingerprint density at radius 1 is 1.15 bits per heavy atom. The molecule has 2 heterocycles. The Labute approximate surface area is 125 Å². The van der Waals surface area contributed by atoms with Crippen molar-refractivity contribution in [3.63, 3.8) is 0 Å². The molecule has 1 aromatic rings. The summed E-state index contributed by atoms with van der Waals surface area (Å²) in [6.45, 7) is 0. The van der Waals surface area contributed by atoms with E-state index >= 15 is 0 Å². The number of hydrogen-bond acceptors (Lipinski definition) is 3. The van der Waals surface area contributed by atoms with E-state index in [1.54, 1.807) is 35.6 Å². The van der Waals surface area contributed by atoms with Gasteiger partial charge in [0.25, 0.3) is 0 Å². The van der Waals surface area contributed by atoms with Crippen LogP contribution in [0.2, 0.25) is 5.02 Å². The molecule has 1 N–H and O–H groups in total. The van der Waals surface area contributed by atoms with E-state index in [2.05, 4.69) is 5.32 Å². The third kappa shape index (κ3) is 2.60. The van der Waals surface area contributed by atoms with Crippen molar-refractivity contribution in [2.45, 2.75) is 48.7 Å². The van der Waals surface area contributed by atoms with Gasteiger partial charge in [-0.2, -0.15) is 4.31 Å². The second-order valence-electron chi connectivity index (χ2n) is 5.74. The molecule has 2 unspecified atom stereocenters. The highest BCUT2D eigenvalue weighted by Gasteiger charge is 2.38. The Bertz CT molecular complexity index is 576. The average Bonchev–Trinajstić information content (AvgIpc) is 2.77. The molecule has 0 amide bonds. The molecule has 2 atom stereocenters. The van der Waals surface area contributed by atoms with Gasteiger partial charge in [0.05, 0.1) is 4.90 Å². The van der Waals surface area contributed by atoms with Crippen LogP contribution in [0.3, 0.4) is 0 Å². The molecule has 0 spiro atoms. The Morgan fingerprint density at radius 2 is 1.70 bits per heavy atom. The lowest BCUT2D eigenvalue weighted by Crippen LogP contribution is -2.48. The van der Waals surface area contributed by atoms with E-state index in [-0.39, 0.29) is 6.04 Å². The maximum atomic E-state index is 12.6. The minimum absolute atomic E-state index is 0.0921. The Morgan fingerprint density at radius 3 is 2.25 bits per heavy atom. The highest BCUT2D eigenvalue weighted by atomic mass is 35.5. The fourth-order valence-electron chi connectivity index (χ4n) is 3.29. The lowest BCUT2D eigenvalue weighted by molar-refractivity contribution is 0.251. The summed E-state index contributed by atoms with van der Waals surface area (Å²) in [5, 5.41) is 4.08. The van der Waals surface area contributed by atoms with Crippen molar-refractivity contribution in [3.8, 4) is 0 Å². The van der Waals surface area contributed by atoms with E-state index in [4.69, 9.17) is 11.6 Å². The zero-order chi connectivity index (χ0) is 14.3. The normalized spacial score (nSPS) is 29.9. The van der Waals surface area contributed by atoms with Crippen molar-refractivity contribution in [2.24, 2.45) is 0 Å². The summed E-state index contributed by atoms with van der Waals surface area (Å²) in [6, 6.07) is 7.42. The quantitative estimate of drug-likeness (QED) is 0.931. The van der Waals surface area contributed by atoms with Crippen LogP contribution in [0.15, 0.2) is 29.2 Å². The summed E-state index contributed by atoms with van der Waals surface area (Å²) >= 11 is 5.82. The molecule has 2 aliphatic rings. The number of benzene rings is 1. The highest BCUT2D eigenvalue weighted by molar-refractivity contribution is 7.89. The zero-order valence-corrected chi connectivity index (χ0v) is 13.0. The SMILES string of the molecule is CN(C1CC2CCC(C1)N2)S(=O)(=O)c1ccc(Cl)cc1. The summed E-state index contributed by atoms with van der Waals surface area (Å²) < 4.78 is 26.8. The van der Waals surface area contributed by atoms with Crippen LogP contribution in [0.1, 0.15) is 25.7 Å². The van der Waals surface area contributed by atoms with E-state index in [0.29, 0.717) is 22.0 Å². The van der Waals surface area contributed by atoms with Crippen molar-refractivity contribution >= 4 is 21.6 Å². The molecular weight excluding hydrogens is 296 g/mol. The van der Waals surface area contributed by atoms with E-state index < -0.39 is 10.0 Å². The van der Waals surface area contributed by atoms with Gasteiger partial charge in [-0.25, -0.2) is 8.42 Å². The Kier molecular flexibility index (Phi) is 3.79. The van der Waals surface area contributed by atoms with Gasteiger partial charge in [-0.05, 0) is 49.9 Å². The van der Waals surface area contributed by atoms with Crippen LogP contribution in [0, 0.1) is 0 Å². The first kappa shape index (κ1) is 14.3. The molecule has 1 aromatic carbocycles. The van der Waals surface area contributed by atoms with Gasteiger partial charge in [0.15, 0.2) is 0 Å². The average molecular weight is 315 g/mol. The van der Waals surface area contributed by atoms with Crippen LogP contribution in [0.5, 0.6) is 0 Å². The van der Waals surface area contributed by atoms with Gasteiger partial charge in [0.2, 0.25) is 10.0 Å². The molecule has 0 aromatic heterocycles. The standard InChI is InChI=1S/C14H19ClN2O2S/c1-17(13-8-11-4-5-12(9-13)16-11)20(18,19)14-6-2-10(15)3-7-14/h2-3,6-7,11-13,16H,4-5,8-9H2,1H3. The third-order valence-corrected chi connectivity index (χ3v) is 6.63. The fraction of sp³-hybridized carbons (Fsp3) is 0.571. The van der Waals surface area contributed by atoms with Gasteiger partial charge in [0, 0.05) is 30.2 Å². The minimum atomic E-state index is -3.43. The molecule has 2 fully saturated rings. The molecule has 20 heavy (non-hydrogen) atoms. The van der Waals surface area contributed by atoms with Crippen LogP contribution in [-0.4, -0.2) is 37.9 Å². The van der Waals surface area contributed by atoms with Gasteiger partial charge >= 0.3 is 0 Å². The van der Waals surface area contributed by atoms with Crippen LogP contribution < -0.4 is 5.32 Å². The first-order valence-corrected chi connectivity index (χ1v) is 8.78. The van der Waals surface area contributed by atoms with Crippen molar-refractivity contribution in [1.82, 2.24) is 9.62 Å². The maximum absolute atomic E-state index is 12.6. The molecule has 0 aliphatic carbocycles. The second-order valence-corrected chi connectivity index (χ2v) is 8.17. The molecule has 3 rings (SSSR count). The number of nitrogens with zero attached hydrogens (tertiary/aromatic N) is 1. The monoisotopic (exact) mass is 314 g/mol. The molecule has 2 saturated heterocycles. The maximum Gasteiger partial charge on any atom is 0.243 e. The van der Waals surface area contributed by atoms with Crippen molar-refractivity contribution in [2.75, 3.05) is 7.05 Å². The Balaban J connectivity index is 1.82. The number of sulfonamides is 1. The lowest BCUT2D eigenvalue weighted by atomic mass is 10.0. The van der Waals surface area contributed by atoms with Gasteiger partial charge in [-0.3, -0.25) is 0 Å². The summed E-state index contributed by atoms with van der Waals surface area (Å²) in [4.78, 5) is 0.315. The second kappa shape index (κ2) is 5.30. The summed E-state index contributed by atoms with van der Waals surface area (Å²) in [6.07, 6.45) is 4.13. The molecule has 2 bridgehead atoms. The molecule has 110 valence electrons. The predicted molar refractivity (Wildman–Crippen MR) is 79.4 cm³/mol. The zero-order valence-electron chi connectivity index (χ0n) is 11.4. The van der Waals surface area contributed by atoms with E-state index in [1.807, 2.05) is 0 Å². The van der Waals surface area contributed by atoms with Gasteiger partial charge in [-0.15, -0.1) is 0 Å². The molecule has 0 saturated carbocycles. The van der Waals surface area contributed by atoms with Gasteiger partial charge in [0.1, 0.15) is 0 Å². The van der Waals surface area contributed by atoms with Gasteiger partial charge in [-0.1, -0.05) is 11.6 Å². The van der Waals surface area contributed by atoms with Crippen LogP contribution in [0.25, 0.3) is 0 Å². The first-order chi connectivity index (χ1) is 9.46. The van der Waals surface area contributed by atoms with Gasteiger partial charge < -0.3 is 5.32 Å². The predicted octanol–water partition coefficient (Wildman–Crippen LogP) is 2.24. The first-order valence-electron chi connectivity index (χ1n) is 6.96. The number of halogens is 1. The number of hydrogen-bond donors (Lipinski definition) is 1. The van der Waals surface area contributed by atoms with Crippen molar-refractivity contribution in [3.05, 3.63) is 29.3 Å². The van der Waals surface area contributed by atoms with Crippen LogP contribution >= 0.6 is 11.6 Å². The van der Waals surface area contributed by atoms with Crippen molar-refractivity contribution < 1.29 is 8.42 Å². The highest BCUT2D eigenvalue weighted by Crippen LogP contribution is 2.31. The minimum Gasteiger partial charge on any atom is -0.311 e. The smallest absolute Gasteiger partial charge is 0.243 e. The summed E-state index contributed by atoms with van der Waals surface area (Å²) in [5.74, 6) is 0. The van der Waals surface area contributed by atoms with Crippen LogP contribution in [-0.2, 0) is 10.0 Å². The van der Waals surface area contributed by atoms with E-state index in [1.165, 1.54) is 0 Å². The lowest BCUT2D eigenvalue weighted by Gasteiger charge is -2.34. The fourth-order valence-corrected chi connectivity index (χ4v) is 4.80. The topological polar surface area (TPSA) is 49.4 Å². The summed E-state index contributed by atoms with van der Waals surface area (Å²) in [5.41, 5.74) is 0. The molecular formula is C14H19ClN2O2S. The molecule has 0 radical (unpaired) electrons. The van der Waals surface area contributed by atoms with E-state index in [0.717, 1.165) is 25.7 Å². The number of fused-ring (bicyclic) bond motifs is 2. The number of rotatable bonds is 3. The largest absolute Gasteiger partial charge is 0.311 e. The van der Waals surface area contributed by atoms with Crippen molar-refractivity contribution in [1.29, 1.82) is 0 Å². The summed E-state index contributed by atoms with van der Waals surface area (Å²) in [7, 11) is -1.73. The number of piperidine rings is 1. The Hall–Kier alpha value is -0.620. The third-order valence-electron chi connectivity index (χ3n) is 4.45. The molecule has 6 heteroatoms. The molecule has 4 nitrogen and oxygen atoms in total.